The molecule has 0 saturated carbocycles. The standard InChI is InChI=1S/C12H14N4O2/c1-8(12(17)18)7-10-14-15-11(16(10)13)9-5-3-2-4-6-9/h2-6,8H,7,13H2,1H3,(H,17,18). The average Bonchev–Trinajstić information content (AvgIpc) is 2.72. The smallest absolute Gasteiger partial charge is 0.306 e. The van der Waals surface area contributed by atoms with Gasteiger partial charge in [0.2, 0.25) is 0 Å². The number of nitrogen functional groups attached to an aromatic ring is 1. The number of hydrogen-bond acceptors (Lipinski definition) is 4. The summed E-state index contributed by atoms with van der Waals surface area (Å²) in [4.78, 5) is 10.8. The van der Waals surface area contributed by atoms with E-state index in [4.69, 9.17) is 10.9 Å². The molecular formula is C12H14N4O2. The summed E-state index contributed by atoms with van der Waals surface area (Å²) in [6.07, 6.45) is 0.256. The van der Waals surface area contributed by atoms with Gasteiger partial charge in [0.25, 0.3) is 0 Å². The van der Waals surface area contributed by atoms with E-state index in [2.05, 4.69) is 10.2 Å². The number of carbonyl (C=O) groups is 1. The Morgan fingerprint density at radius 1 is 1.39 bits per heavy atom. The molecule has 6 nitrogen and oxygen atoms in total. The first kappa shape index (κ1) is 12.1. The second-order valence-electron chi connectivity index (χ2n) is 4.12. The van der Waals surface area contributed by atoms with Crippen molar-refractivity contribution in [1.29, 1.82) is 0 Å². The number of aliphatic carboxylic acids is 1. The third-order valence-corrected chi connectivity index (χ3v) is 2.71. The van der Waals surface area contributed by atoms with E-state index in [1.54, 1.807) is 6.92 Å². The molecule has 2 aromatic rings. The Balaban J connectivity index is 2.27. The lowest BCUT2D eigenvalue weighted by atomic mass is 10.1. The quantitative estimate of drug-likeness (QED) is 0.782. The summed E-state index contributed by atoms with van der Waals surface area (Å²) in [5.41, 5.74) is 0.849. The third-order valence-electron chi connectivity index (χ3n) is 2.71. The number of nitrogens with two attached hydrogens (primary N) is 1. The molecule has 0 saturated heterocycles. The summed E-state index contributed by atoms with van der Waals surface area (Å²) >= 11 is 0. The van der Waals surface area contributed by atoms with Gasteiger partial charge in [-0.2, -0.15) is 0 Å². The molecule has 1 unspecified atom stereocenters. The van der Waals surface area contributed by atoms with Crippen LogP contribution in [0.4, 0.5) is 0 Å². The van der Waals surface area contributed by atoms with Crippen LogP contribution >= 0.6 is 0 Å². The molecule has 0 radical (unpaired) electrons. The second kappa shape index (κ2) is 4.87. The van der Waals surface area contributed by atoms with Gasteiger partial charge in [-0.1, -0.05) is 37.3 Å². The minimum Gasteiger partial charge on any atom is -0.481 e. The Hall–Kier alpha value is -2.37. The summed E-state index contributed by atoms with van der Waals surface area (Å²) in [6.45, 7) is 1.61. The van der Waals surface area contributed by atoms with Crippen LogP contribution in [0.15, 0.2) is 30.3 Å². The largest absolute Gasteiger partial charge is 0.481 e. The molecule has 0 aliphatic heterocycles. The molecule has 3 N–H and O–H groups in total. The minimum atomic E-state index is -0.876. The predicted octanol–water partition coefficient (Wildman–Crippen LogP) is 0.922. The Morgan fingerprint density at radius 3 is 2.67 bits per heavy atom. The van der Waals surface area contributed by atoms with Crippen molar-refractivity contribution in [1.82, 2.24) is 14.9 Å². The van der Waals surface area contributed by atoms with E-state index in [0.717, 1.165) is 5.56 Å². The average molecular weight is 246 g/mol. The lowest BCUT2D eigenvalue weighted by Crippen LogP contribution is -2.19. The van der Waals surface area contributed by atoms with Crippen LogP contribution in [0.25, 0.3) is 11.4 Å². The maximum absolute atomic E-state index is 10.8. The van der Waals surface area contributed by atoms with Gasteiger partial charge in [-0.3, -0.25) is 4.79 Å². The van der Waals surface area contributed by atoms with Gasteiger partial charge in [-0.05, 0) is 0 Å². The first-order valence-corrected chi connectivity index (χ1v) is 5.57. The molecule has 0 aliphatic rings. The van der Waals surface area contributed by atoms with Gasteiger partial charge in [-0.25, -0.2) is 4.68 Å². The van der Waals surface area contributed by atoms with Crippen LogP contribution in [0.5, 0.6) is 0 Å². The van der Waals surface area contributed by atoms with Gasteiger partial charge in [0, 0.05) is 12.0 Å². The molecule has 1 atom stereocenters. The van der Waals surface area contributed by atoms with Crippen LogP contribution in [0.1, 0.15) is 12.7 Å². The van der Waals surface area contributed by atoms with Gasteiger partial charge in [0.05, 0.1) is 5.92 Å². The monoisotopic (exact) mass is 246 g/mol. The molecule has 94 valence electrons. The van der Waals surface area contributed by atoms with Crippen LogP contribution in [0, 0.1) is 5.92 Å². The number of hydrogen-bond donors (Lipinski definition) is 2. The number of carboxylic acid groups (broad SMARTS) is 1. The Bertz CT molecular complexity index is 550. The first-order valence-electron chi connectivity index (χ1n) is 5.57. The van der Waals surface area contributed by atoms with Crippen LogP contribution in [0.3, 0.4) is 0 Å². The molecule has 1 aromatic heterocycles. The summed E-state index contributed by atoms with van der Waals surface area (Å²) in [5, 5.41) is 16.8. The first-order chi connectivity index (χ1) is 8.59. The molecular weight excluding hydrogens is 232 g/mol. The zero-order chi connectivity index (χ0) is 13.1. The number of benzene rings is 1. The van der Waals surface area contributed by atoms with E-state index in [0.29, 0.717) is 11.6 Å². The number of nitrogens with zero attached hydrogens (tertiary/aromatic N) is 3. The van der Waals surface area contributed by atoms with Crippen LogP contribution < -0.4 is 5.84 Å². The highest BCUT2D eigenvalue weighted by molar-refractivity contribution is 5.69. The van der Waals surface area contributed by atoms with Gasteiger partial charge in [-0.15, -0.1) is 10.2 Å². The lowest BCUT2D eigenvalue weighted by molar-refractivity contribution is -0.141. The van der Waals surface area contributed by atoms with Gasteiger partial charge in [0.1, 0.15) is 0 Å². The fourth-order valence-corrected chi connectivity index (χ4v) is 1.61. The molecule has 2 rings (SSSR count). The molecule has 0 bridgehead atoms. The minimum absolute atomic E-state index is 0.256. The van der Waals surface area contributed by atoms with E-state index in [-0.39, 0.29) is 6.42 Å². The van der Waals surface area contributed by atoms with Gasteiger partial charge in [0.15, 0.2) is 11.6 Å². The van der Waals surface area contributed by atoms with Crippen LogP contribution in [0.2, 0.25) is 0 Å². The zero-order valence-electron chi connectivity index (χ0n) is 9.95. The number of rotatable bonds is 4. The summed E-state index contributed by atoms with van der Waals surface area (Å²) in [5.74, 6) is 5.46. The van der Waals surface area contributed by atoms with Crippen molar-refractivity contribution in [3.63, 3.8) is 0 Å². The normalized spacial score (nSPS) is 12.3. The highest BCUT2D eigenvalue weighted by atomic mass is 16.4. The van der Waals surface area contributed by atoms with Crippen molar-refractivity contribution >= 4 is 5.97 Å². The fourth-order valence-electron chi connectivity index (χ4n) is 1.61. The third kappa shape index (κ3) is 2.32. The van der Waals surface area contributed by atoms with E-state index < -0.39 is 11.9 Å². The van der Waals surface area contributed by atoms with Crippen LogP contribution in [-0.2, 0) is 11.2 Å². The van der Waals surface area contributed by atoms with E-state index in [1.165, 1.54) is 4.68 Å². The van der Waals surface area contributed by atoms with Crippen molar-refractivity contribution in [3.8, 4) is 11.4 Å². The van der Waals surface area contributed by atoms with Gasteiger partial charge >= 0.3 is 5.97 Å². The maximum Gasteiger partial charge on any atom is 0.306 e. The number of aromatic nitrogens is 3. The van der Waals surface area contributed by atoms with E-state index in [9.17, 15) is 4.79 Å². The Labute approximate surface area is 104 Å². The molecule has 18 heavy (non-hydrogen) atoms. The van der Waals surface area contributed by atoms with E-state index >= 15 is 0 Å². The predicted molar refractivity (Wildman–Crippen MR) is 66.1 cm³/mol. The highest BCUT2D eigenvalue weighted by Gasteiger charge is 2.18. The zero-order valence-corrected chi connectivity index (χ0v) is 9.95. The van der Waals surface area contributed by atoms with Crippen molar-refractivity contribution in [3.05, 3.63) is 36.2 Å². The summed E-state index contributed by atoms with van der Waals surface area (Å²) in [7, 11) is 0. The number of carboxylic acids is 1. The molecule has 0 spiro atoms. The maximum atomic E-state index is 10.8. The molecule has 0 aliphatic carbocycles. The topological polar surface area (TPSA) is 94.0 Å². The van der Waals surface area contributed by atoms with Crippen molar-refractivity contribution < 1.29 is 9.90 Å². The van der Waals surface area contributed by atoms with Crippen molar-refractivity contribution in [2.24, 2.45) is 5.92 Å². The van der Waals surface area contributed by atoms with E-state index in [1.807, 2.05) is 30.3 Å². The fraction of sp³-hybridized carbons (Fsp3) is 0.250. The van der Waals surface area contributed by atoms with Crippen molar-refractivity contribution in [2.75, 3.05) is 5.84 Å². The van der Waals surface area contributed by atoms with Crippen molar-refractivity contribution in [2.45, 2.75) is 13.3 Å². The SMILES string of the molecule is CC(Cc1nnc(-c2ccccc2)n1N)C(=O)O. The van der Waals surface area contributed by atoms with Gasteiger partial charge < -0.3 is 10.9 Å². The van der Waals surface area contributed by atoms with Crippen LogP contribution in [-0.4, -0.2) is 25.9 Å². The summed E-state index contributed by atoms with van der Waals surface area (Å²) in [6, 6.07) is 9.40. The lowest BCUT2D eigenvalue weighted by Gasteiger charge is -2.06. The molecule has 1 heterocycles. The Morgan fingerprint density at radius 2 is 2.06 bits per heavy atom. The molecule has 6 heteroatoms. The second-order valence-corrected chi connectivity index (χ2v) is 4.12. The molecule has 1 aromatic carbocycles. The highest BCUT2D eigenvalue weighted by Crippen LogP contribution is 2.16. The summed E-state index contributed by atoms with van der Waals surface area (Å²) < 4.78 is 1.34. The molecule has 0 fully saturated rings. The Kier molecular flexibility index (Phi) is 3.27. The molecule has 0 amide bonds.